The number of carbonyl (C=O) groups is 1. The summed E-state index contributed by atoms with van der Waals surface area (Å²) in [5, 5.41) is 13.6. The Balaban J connectivity index is 1.39. The maximum Gasteiger partial charge on any atom is 0.244 e. The largest absolute Gasteiger partial charge is 0.497 e. The molecule has 38 heavy (non-hydrogen) atoms. The number of fused-ring (bicyclic) bond motifs is 1. The van der Waals surface area contributed by atoms with Crippen molar-refractivity contribution in [3.05, 3.63) is 103 Å². The summed E-state index contributed by atoms with van der Waals surface area (Å²) in [5.41, 5.74) is 1.60. The van der Waals surface area contributed by atoms with E-state index in [9.17, 15) is 13.2 Å². The number of hydrogen-bond acceptors (Lipinski definition) is 7. The molecule has 2 N–H and O–H groups in total. The van der Waals surface area contributed by atoms with Gasteiger partial charge in [-0.05, 0) is 47.0 Å². The number of hydrogen-bond donors (Lipinski definition) is 2. The van der Waals surface area contributed by atoms with Crippen molar-refractivity contribution in [2.45, 2.75) is 17.4 Å². The number of aromatic nitrogens is 2. The van der Waals surface area contributed by atoms with E-state index in [1.54, 1.807) is 19.2 Å². The second-order valence-corrected chi connectivity index (χ2v) is 11.2. The molecule has 10 heteroatoms. The minimum absolute atomic E-state index is 0.0817. The van der Waals surface area contributed by atoms with Gasteiger partial charge in [-0.15, -0.1) is 10.2 Å². The molecule has 5 rings (SSSR count). The maximum atomic E-state index is 13.4. The Kier molecular flexibility index (Phi) is 7.45. The van der Waals surface area contributed by atoms with Crippen LogP contribution in [0.2, 0.25) is 0 Å². The first-order valence-corrected chi connectivity index (χ1v) is 14.0. The van der Waals surface area contributed by atoms with E-state index in [1.807, 2.05) is 78.9 Å². The zero-order chi connectivity index (χ0) is 26.5. The monoisotopic (exact) mass is 544 g/mol. The zero-order valence-corrected chi connectivity index (χ0v) is 22.0. The van der Waals surface area contributed by atoms with Crippen LogP contribution in [0.1, 0.15) is 5.56 Å². The average molecular weight is 545 g/mol. The minimum Gasteiger partial charge on any atom is -0.497 e. The van der Waals surface area contributed by atoms with Crippen LogP contribution in [0.15, 0.2) is 102 Å². The number of amides is 1. The lowest BCUT2D eigenvalue weighted by Crippen LogP contribution is -2.45. The van der Waals surface area contributed by atoms with Crippen LogP contribution in [0.5, 0.6) is 5.75 Å². The van der Waals surface area contributed by atoms with E-state index in [0.29, 0.717) is 10.8 Å². The van der Waals surface area contributed by atoms with Gasteiger partial charge in [0.05, 0.1) is 12.0 Å². The molecule has 0 bridgehead atoms. The van der Waals surface area contributed by atoms with Crippen LogP contribution in [0.4, 0.5) is 5.13 Å². The molecule has 0 spiro atoms. The highest BCUT2D eigenvalue weighted by Crippen LogP contribution is 2.29. The van der Waals surface area contributed by atoms with E-state index in [1.165, 1.54) is 17.4 Å². The van der Waals surface area contributed by atoms with Crippen LogP contribution in [0.25, 0.3) is 21.3 Å². The Bertz CT molecular complexity index is 1690. The number of benzene rings is 4. The maximum absolute atomic E-state index is 13.4. The van der Waals surface area contributed by atoms with Gasteiger partial charge in [0.1, 0.15) is 16.8 Å². The summed E-state index contributed by atoms with van der Waals surface area (Å²) < 4.78 is 34.6. The molecule has 1 amide bonds. The highest BCUT2D eigenvalue weighted by molar-refractivity contribution is 7.89. The first kappa shape index (κ1) is 25.5. The second kappa shape index (κ2) is 11.1. The fourth-order valence-corrected chi connectivity index (χ4v) is 5.94. The molecule has 1 aromatic heterocycles. The number of methoxy groups -OCH3 is 1. The Morgan fingerprint density at radius 2 is 1.66 bits per heavy atom. The molecule has 0 fully saturated rings. The van der Waals surface area contributed by atoms with Gasteiger partial charge >= 0.3 is 0 Å². The molecule has 0 saturated heterocycles. The van der Waals surface area contributed by atoms with Crippen LogP contribution in [-0.2, 0) is 21.2 Å². The van der Waals surface area contributed by atoms with Gasteiger partial charge in [0, 0.05) is 5.56 Å². The average Bonchev–Trinajstić information content (AvgIpc) is 3.41. The fourth-order valence-electron chi connectivity index (χ4n) is 3.97. The van der Waals surface area contributed by atoms with Crippen molar-refractivity contribution in [1.29, 1.82) is 0 Å². The van der Waals surface area contributed by atoms with Gasteiger partial charge in [0.2, 0.25) is 21.1 Å². The molecule has 0 saturated carbocycles. The van der Waals surface area contributed by atoms with Crippen molar-refractivity contribution in [3.8, 4) is 16.3 Å². The fraction of sp³-hybridized carbons (Fsp3) is 0.107. The van der Waals surface area contributed by atoms with Crippen molar-refractivity contribution >= 4 is 43.2 Å². The smallest absolute Gasteiger partial charge is 0.244 e. The SMILES string of the molecule is COc1cccc(-c2nnc(NC(=O)[C@@H](Cc3ccccc3)NS(=O)(=O)c3ccc4ccccc4c3)s2)c1. The number of carbonyl (C=O) groups excluding carboxylic acids is 1. The van der Waals surface area contributed by atoms with E-state index in [-0.39, 0.29) is 16.4 Å². The summed E-state index contributed by atoms with van der Waals surface area (Å²) in [4.78, 5) is 13.4. The molecule has 0 aliphatic rings. The third-order valence-corrected chi connectivity index (χ3v) is 8.26. The van der Waals surface area contributed by atoms with E-state index >= 15 is 0 Å². The van der Waals surface area contributed by atoms with Crippen molar-refractivity contribution in [3.63, 3.8) is 0 Å². The molecule has 0 aliphatic carbocycles. The summed E-state index contributed by atoms with van der Waals surface area (Å²) in [6.07, 6.45) is 0.154. The van der Waals surface area contributed by atoms with Crippen LogP contribution in [-0.4, -0.2) is 37.7 Å². The third kappa shape index (κ3) is 5.88. The quantitative estimate of drug-likeness (QED) is 0.273. The minimum atomic E-state index is -4.01. The lowest BCUT2D eigenvalue weighted by molar-refractivity contribution is -0.117. The van der Waals surface area contributed by atoms with Gasteiger partial charge in [-0.1, -0.05) is 84.1 Å². The predicted octanol–water partition coefficient (Wildman–Crippen LogP) is 4.90. The third-order valence-electron chi connectivity index (χ3n) is 5.90. The van der Waals surface area contributed by atoms with Gasteiger partial charge < -0.3 is 4.74 Å². The molecule has 0 aliphatic heterocycles. The predicted molar refractivity (Wildman–Crippen MR) is 149 cm³/mol. The lowest BCUT2D eigenvalue weighted by atomic mass is 10.1. The highest BCUT2D eigenvalue weighted by Gasteiger charge is 2.27. The van der Waals surface area contributed by atoms with Crippen molar-refractivity contribution in [2.24, 2.45) is 0 Å². The number of rotatable bonds is 9. The Hall–Kier alpha value is -4.12. The molecule has 8 nitrogen and oxygen atoms in total. The molecule has 1 heterocycles. The summed E-state index contributed by atoms with van der Waals surface area (Å²) in [6.45, 7) is 0. The van der Waals surface area contributed by atoms with Crippen LogP contribution >= 0.6 is 11.3 Å². The first-order chi connectivity index (χ1) is 18.4. The molecule has 0 unspecified atom stereocenters. The molecule has 0 radical (unpaired) electrons. The molecular weight excluding hydrogens is 520 g/mol. The van der Waals surface area contributed by atoms with Crippen molar-refractivity contribution in [2.75, 3.05) is 12.4 Å². The van der Waals surface area contributed by atoms with Crippen molar-refractivity contribution in [1.82, 2.24) is 14.9 Å². The summed E-state index contributed by atoms with van der Waals surface area (Å²) in [5.74, 6) is 0.140. The molecule has 1 atom stereocenters. The number of nitrogens with zero attached hydrogens (tertiary/aromatic N) is 2. The van der Waals surface area contributed by atoms with E-state index in [0.717, 1.165) is 21.9 Å². The number of nitrogens with one attached hydrogen (secondary N) is 2. The summed E-state index contributed by atoms with van der Waals surface area (Å²) in [7, 11) is -2.43. The Morgan fingerprint density at radius 1 is 0.895 bits per heavy atom. The van der Waals surface area contributed by atoms with Gasteiger partial charge in [0.25, 0.3) is 0 Å². The van der Waals surface area contributed by atoms with Gasteiger partial charge in [-0.2, -0.15) is 4.72 Å². The molecule has 5 aromatic rings. The first-order valence-electron chi connectivity index (χ1n) is 11.8. The standard InChI is InChI=1S/C28H24N4O4S2/c1-36-23-13-7-12-22(17-23)27-30-31-28(37-27)29-26(33)25(16-19-8-3-2-4-9-19)32-38(34,35)24-15-14-20-10-5-6-11-21(20)18-24/h2-15,17-18,25,32H,16H2,1H3,(H,29,31,33)/t25-/m1/s1. The number of ether oxygens (including phenoxy) is 1. The number of sulfonamides is 1. The van der Waals surface area contributed by atoms with Gasteiger partial charge in [-0.25, -0.2) is 8.42 Å². The van der Waals surface area contributed by atoms with Gasteiger partial charge in [-0.3, -0.25) is 10.1 Å². The summed E-state index contributed by atoms with van der Waals surface area (Å²) in [6, 6.07) is 27.9. The lowest BCUT2D eigenvalue weighted by Gasteiger charge is -2.18. The molecule has 4 aromatic carbocycles. The van der Waals surface area contributed by atoms with Crippen molar-refractivity contribution < 1.29 is 17.9 Å². The Morgan fingerprint density at radius 3 is 2.45 bits per heavy atom. The second-order valence-electron chi connectivity index (χ2n) is 8.51. The highest BCUT2D eigenvalue weighted by atomic mass is 32.2. The molecule has 192 valence electrons. The normalized spacial score (nSPS) is 12.2. The number of anilines is 1. The Labute approximate surface area is 224 Å². The summed E-state index contributed by atoms with van der Waals surface area (Å²) >= 11 is 1.19. The van der Waals surface area contributed by atoms with Crippen LogP contribution in [0, 0.1) is 0 Å². The van der Waals surface area contributed by atoms with Crippen LogP contribution in [0.3, 0.4) is 0 Å². The van der Waals surface area contributed by atoms with E-state index < -0.39 is 22.0 Å². The molecular formula is C28H24N4O4S2. The topological polar surface area (TPSA) is 110 Å². The van der Waals surface area contributed by atoms with Gasteiger partial charge in [0.15, 0.2) is 0 Å². The zero-order valence-electron chi connectivity index (χ0n) is 20.4. The van der Waals surface area contributed by atoms with E-state index in [2.05, 4.69) is 20.2 Å². The van der Waals surface area contributed by atoms with Crippen LogP contribution < -0.4 is 14.8 Å². The van der Waals surface area contributed by atoms with E-state index in [4.69, 9.17) is 4.74 Å².